The minimum Gasteiger partial charge on any atom is -0.399 e. The van der Waals surface area contributed by atoms with Crippen LogP contribution in [0.5, 0.6) is 0 Å². The van der Waals surface area contributed by atoms with Crippen molar-refractivity contribution in [3.63, 3.8) is 0 Å². The van der Waals surface area contributed by atoms with E-state index in [1.807, 2.05) is 58.0 Å². The van der Waals surface area contributed by atoms with Crippen molar-refractivity contribution in [2.45, 2.75) is 43.8 Å². The first-order chi connectivity index (χ1) is 11.5. The van der Waals surface area contributed by atoms with Crippen molar-refractivity contribution >= 4 is 22.6 Å². The summed E-state index contributed by atoms with van der Waals surface area (Å²) in [6.07, 6.45) is 0. The molecular weight excluding hydrogens is 337 g/mol. The third-order valence-electron chi connectivity index (χ3n) is 4.93. The van der Waals surface area contributed by atoms with E-state index < -0.39 is 17.1 Å². The average Bonchev–Trinajstić information content (AvgIpc) is 2.75. The fourth-order valence-electron chi connectivity index (χ4n) is 2.66. The fraction of sp³-hybridized carbons (Fsp3) is 0.333. The first-order valence-electron chi connectivity index (χ1n) is 8.08. The molecule has 0 amide bonds. The van der Waals surface area contributed by atoms with Crippen molar-refractivity contribution in [2.75, 3.05) is 0 Å². The van der Waals surface area contributed by atoms with Crippen molar-refractivity contribution in [1.82, 2.24) is 0 Å². The van der Waals surface area contributed by atoms with Crippen LogP contribution in [0.1, 0.15) is 27.7 Å². The Bertz CT molecular complexity index is 876. The SMILES string of the molecule is CC1(C)OB(c2ccc(-c3cccc(S(N)(=O)=O)c3)cc2)OC1(C)C. The minimum absolute atomic E-state index is 0.0973. The summed E-state index contributed by atoms with van der Waals surface area (Å²) in [5.41, 5.74) is 1.82. The topological polar surface area (TPSA) is 78.6 Å². The number of benzene rings is 2. The summed E-state index contributed by atoms with van der Waals surface area (Å²) in [6, 6.07) is 14.3. The highest BCUT2D eigenvalue weighted by atomic mass is 32.2. The molecule has 5 nitrogen and oxygen atoms in total. The Labute approximate surface area is 149 Å². The molecule has 1 aliphatic heterocycles. The fourth-order valence-corrected chi connectivity index (χ4v) is 3.22. The van der Waals surface area contributed by atoms with Gasteiger partial charge in [-0.05, 0) is 56.4 Å². The molecule has 0 bridgehead atoms. The second kappa shape index (κ2) is 5.95. The maximum absolute atomic E-state index is 11.5. The van der Waals surface area contributed by atoms with E-state index in [0.29, 0.717) is 0 Å². The van der Waals surface area contributed by atoms with Crippen LogP contribution < -0.4 is 10.6 Å². The standard InChI is InChI=1S/C18H22BNO4S/c1-17(2)18(3,4)24-19(23-17)15-10-8-13(9-11-15)14-6-5-7-16(12-14)25(20,21)22/h5-12H,1-4H3,(H2,20,21,22). The van der Waals surface area contributed by atoms with E-state index in [-0.39, 0.29) is 16.1 Å². The van der Waals surface area contributed by atoms with E-state index in [1.54, 1.807) is 12.1 Å². The number of primary sulfonamides is 1. The molecule has 0 saturated carbocycles. The van der Waals surface area contributed by atoms with Gasteiger partial charge in [-0.15, -0.1) is 0 Å². The van der Waals surface area contributed by atoms with Gasteiger partial charge in [-0.25, -0.2) is 13.6 Å². The number of hydrogen-bond donors (Lipinski definition) is 1. The van der Waals surface area contributed by atoms with E-state index >= 15 is 0 Å². The van der Waals surface area contributed by atoms with Gasteiger partial charge in [0.25, 0.3) is 0 Å². The van der Waals surface area contributed by atoms with Crippen LogP contribution >= 0.6 is 0 Å². The molecule has 3 rings (SSSR count). The number of sulfonamides is 1. The van der Waals surface area contributed by atoms with E-state index in [4.69, 9.17) is 14.4 Å². The lowest BCUT2D eigenvalue weighted by Gasteiger charge is -2.32. The molecule has 0 radical (unpaired) electrons. The monoisotopic (exact) mass is 359 g/mol. The first-order valence-corrected chi connectivity index (χ1v) is 9.63. The predicted octanol–water partition coefficient (Wildman–Crippen LogP) is 2.30. The van der Waals surface area contributed by atoms with Crippen LogP contribution in [0.3, 0.4) is 0 Å². The van der Waals surface area contributed by atoms with Crippen LogP contribution in [-0.2, 0) is 19.3 Å². The van der Waals surface area contributed by atoms with Gasteiger partial charge in [0.2, 0.25) is 10.0 Å². The Balaban J connectivity index is 1.87. The highest BCUT2D eigenvalue weighted by Gasteiger charge is 2.51. The normalized spacial score (nSPS) is 19.2. The van der Waals surface area contributed by atoms with E-state index in [9.17, 15) is 8.42 Å². The Morgan fingerprint density at radius 1 is 0.880 bits per heavy atom. The zero-order chi connectivity index (χ0) is 18.5. The van der Waals surface area contributed by atoms with Crippen LogP contribution in [0.25, 0.3) is 11.1 Å². The van der Waals surface area contributed by atoms with Crippen LogP contribution in [0.15, 0.2) is 53.4 Å². The van der Waals surface area contributed by atoms with Gasteiger partial charge in [0.1, 0.15) is 0 Å². The van der Waals surface area contributed by atoms with Gasteiger partial charge < -0.3 is 9.31 Å². The summed E-state index contributed by atoms with van der Waals surface area (Å²) >= 11 is 0. The maximum atomic E-state index is 11.5. The smallest absolute Gasteiger partial charge is 0.399 e. The first kappa shape index (κ1) is 18.1. The summed E-state index contributed by atoms with van der Waals surface area (Å²) in [6.45, 7) is 8.06. The second-order valence-electron chi connectivity index (χ2n) is 7.28. The molecule has 2 aromatic carbocycles. The summed E-state index contributed by atoms with van der Waals surface area (Å²) in [7, 11) is -4.14. The molecule has 0 spiro atoms. The maximum Gasteiger partial charge on any atom is 0.494 e. The average molecular weight is 359 g/mol. The lowest BCUT2D eigenvalue weighted by molar-refractivity contribution is 0.00578. The summed E-state index contributed by atoms with van der Waals surface area (Å²) in [5, 5.41) is 5.20. The highest BCUT2D eigenvalue weighted by Crippen LogP contribution is 2.36. The largest absolute Gasteiger partial charge is 0.494 e. The molecule has 1 heterocycles. The van der Waals surface area contributed by atoms with Gasteiger partial charge in [-0.2, -0.15) is 0 Å². The van der Waals surface area contributed by atoms with Crippen molar-refractivity contribution in [1.29, 1.82) is 0 Å². The van der Waals surface area contributed by atoms with Gasteiger partial charge in [0.15, 0.2) is 0 Å². The lowest BCUT2D eigenvalue weighted by Crippen LogP contribution is -2.41. The molecule has 7 heteroatoms. The number of hydrogen-bond acceptors (Lipinski definition) is 4. The van der Waals surface area contributed by atoms with E-state index in [2.05, 4.69) is 0 Å². The Hall–Kier alpha value is -1.67. The Morgan fingerprint density at radius 3 is 1.96 bits per heavy atom. The molecule has 0 unspecified atom stereocenters. The van der Waals surface area contributed by atoms with Gasteiger partial charge in [-0.3, -0.25) is 0 Å². The molecule has 0 atom stereocenters. The third-order valence-corrected chi connectivity index (χ3v) is 5.84. The van der Waals surface area contributed by atoms with Gasteiger partial charge in [0, 0.05) is 0 Å². The van der Waals surface area contributed by atoms with Gasteiger partial charge in [-0.1, -0.05) is 36.4 Å². The minimum atomic E-state index is -3.72. The van der Waals surface area contributed by atoms with E-state index in [1.165, 1.54) is 6.07 Å². The van der Waals surface area contributed by atoms with E-state index in [0.717, 1.165) is 16.6 Å². The Kier molecular flexibility index (Phi) is 4.32. The molecule has 2 N–H and O–H groups in total. The van der Waals surface area contributed by atoms with Crippen LogP contribution in [0.4, 0.5) is 0 Å². The molecular formula is C18H22BNO4S. The number of nitrogens with two attached hydrogens (primary N) is 1. The molecule has 2 aromatic rings. The van der Waals surface area contributed by atoms with Gasteiger partial charge in [0.05, 0.1) is 16.1 Å². The van der Waals surface area contributed by atoms with Crippen LogP contribution in [-0.4, -0.2) is 26.7 Å². The van der Waals surface area contributed by atoms with Crippen molar-refractivity contribution in [2.24, 2.45) is 5.14 Å². The molecule has 132 valence electrons. The van der Waals surface area contributed by atoms with Crippen LogP contribution in [0, 0.1) is 0 Å². The zero-order valence-electron chi connectivity index (χ0n) is 14.8. The van der Waals surface area contributed by atoms with Crippen LogP contribution in [0.2, 0.25) is 0 Å². The summed E-state index contributed by atoms with van der Waals surface area (Å²) in [5.74, 6) is 0. The van der Waals surface area contributed by atoms with Crippen molar-refractivity contribution in [3.8, 4) is 11.1 Å². The lowest BCUT2D eigenvalue weighted by atomic mass is 9.78. The third kappa shape index (κ3) is 3.50. The quantitative estimate of drug-likeness (QED) is 0.853. The Morgan fingerprint density at radius 2 is 1.44 bits per heavy atom. The van der Waals surface area contributed by atoms with Crippen molar-refractivity contribution in [3.05, 3.63) is 48.5 Å². The van der Waals surface area contributed by atoms with Gasteiger partial charge >= 0.3 is 7.12 Å². The second-order valence-corrected chi connectivity index (χ2v) is 8.84. The molecule has 0 aromatic heterocycles. The zero-order valence-corrected chi connectivity index (χ0v) is 15.6. The molecule has 1 saturated heterocycles. The summed E-state index contributed by atoms with van der Waals surface area (Å²) < 4.78 is 35.1. The number of rotatable bonds is 3. The highest BCUT2D eigenvalue weighted by molar-refractivity contribution is 7.89. The molecule has 25 heavy (non-hydrogen) atoms. The molecule has 0 aliphatic carbocycles. The molecule has 1 aliphatic rings. The predicted molar refractivity (Wildman–Crippen MR) is 99.0 cm³/mol. The summed E-state index contributed by atoms with van der Waals surface area (Å²) in [4.78, 5) is 0.0973. The molecule has 1 fully saturated rings. The van der Waals surface area contributed by atoms with Crippen molar-refractivity contribution < 1.29 is 17.7 Å².